The molecule has 0 bridgehead atoms. The number of nitro benzene ring substituents is 1. The number of carbonyl (C=O) groups is 1. The van der Waals surface area contributed by atoms with Crippen molar-refractivity contribution >= 4 is 39.3 Å². The first kappa shape index (κ1) is 21.6. The number of carbonyl (C=O) groups excluding carboxylic acids is 1. The first-order chi connectivity index (χ1) is 14.7. The SMILES string of the molecule is Cc1ccnc(NS(=O)(=O)c2ccc(NC(=O)C=Cc3ccc([N+](=O)[O-])cc3)cc2)n1. The monoisotopic (exact) mass is 439 g/mol. The van der Waals surface area contributed by atoms with Gasteiger partial charge in [-0.1, -0.05) is 0 Å². The van der Waals surface area contributed by atoms with Gasteiger partial charge < -0.3 is 5.32 Å². The van der Waals surface area contributed by atoms with Gasteiger partial charge in [0.15, 0.2) is 0 Å². The van der Waals surface area contributed by atoms with Crippen molar-refractivity contribution in [3.8, 4) is 0 Å². The van der Waals surface area contributed by atoms with Crippen molar-refractivity contribution in [1.29, 1.82) is 0 Å². The number of nitro groups is 1. The molecule has 2 aromatic carbocycles. The highest BCUT2D eigenvalue weighted by molar-refractivity contribution is 7.92. The molecule has 1 heterocycles. The Hall–Kier alpha value is -4.12. The van der Waals surface area contributed by atoms with E-state index in [-0.39, 0.29) is 16.5 Å². The molecule has 0 spiro atoms. The fourth-order valence-electron chi connectivity index (χ4n) is 2.46. The van der Waals surface area contributed by atoms with Crippen molar-refractivity contribution in [2.45, 2.75) is 11.8 Å². The summed E-state index contributed by atoms with van der Waals surface area (Å²) in [5.41, 5.74) is 1.59. The van der Waals surface area contributed by atoms with Crippen LogP contribution in [0.5, 0.6) is 0 Å². The van der Waals surface area contributed by atoms with Crippen LogP contribution < -0.4 is 10.0 Å². The predicted molar refractivity (Wildman–Crippen MR) is 115 cm³/mol. The molecule has 0 aliphatic rings. The van der Waals surface area contributed by atoms with E-state index in [4.69, 9.17) is 0 Å². The van der Waals surface area contributed by atoms with E-state index >= 15 is 0 Å². The number of nitrogens with zero attached hydrogens (tertiary/aromatic N) is 3. The summed E-state index contributed by atoms with van der Waals surface area (Å²) in [5.74, 6) is -0.478. The van der Waals surface area contributed by atoms with E-state index in [9.17, 15) is 23.3 Å². The Morgan fingerprint density at radius 2 is 1.74 bits per heavy atom. The molecule has 0 radical (unpaired) electrons. The van der Waals surface area contributed by atoms with E-state index < -0.39 is 20.9 Å². The molecule has 158 valence electrons. The van der Waals surface area contributed by atoms with Crippen LogP contribution in [0.25, 0.3) is 6.08 Å². The van der Waals surface area contributed by atoms with Crippen LogP contribution in [0.4, 0.5) is 17.3 Å². The molecule has 0 saturated carbocycles. The lowest BCUT2D eigenvalue weighted by atomic mass is 10.2. The molecule has 1 aromatic heterocycles. The Morgan fingerprint density at radius 1 is 1.06 bits per heavy atom. The van der Waals surface area contributed by atoms with Gasteiger partial charge >= 0.3 is 0 Å². The predicted octanol–water partition coefficient (Wildman–Crippen LogP) is 3.15. The number of hydrogen-bond acceptors (Lipinski definition) is 7. The fourth-order valence-corrected chi connectivity index (χ4v) is 3.41. The topological polar surface area (TPSA) is 144 Å². The van der Waals surface area contributed by atoms with Crippen LogP contribution in [0.1, 0.15) is 11.3 Å². The summed E-state index contributed by atoms with van der Waals surface area (Å²) in [6, 6.07) is 12.9. The Kier molecular flexibility index (Phi) is 6.36. The standard InChI is InChI=1S/C20H17N5O5S/c1-14-12-13-21-20(22-14)24-31(29,30)18-9-5-16(6-10-18)23-19(26)11-4-15-2-7-17(8-3-15)25(27)28/h2-13H,1H3,(H,23,26)(H,21,22,24). The summed E-state index contributed by atoms with van der Waals surface area (Å²) in [6.45, 7) is 1.72. The van der Waals surface area contributed by atoms with Crippen molar-refractivity contribution in [3.63, 3.8) is 0 Å². The van der Waals surface area contributed by atoms with Crippen LogP contribution in [-0.4, -0.2) is 29.2 Å². The van der Waals surface area contributed by atoms with Crippen molar-refractivity contribution < 1.29 is 18.1 Å². The largest absolute Gasteiger partial charge is 0.323 e. The number of anilines is 2. The normalized spacial score (nSPS) is 11.3. The molecule has 3 aromatic rings. The molecule has 1 amide bonds. The van der Waals surface area contributed by atoms with E-state index in [0.717, 1.165) is 0 Å². The van der Waals surface area contributed by atoms with Gasteiger partial charge in [0.2, 0.25) is 11.9 Å². The van der Waals surface area contributed by atoms with Crippen LogP contribution in [0.15, 0.2) is 71.8 Å². The van der Waals surface area contributed by atoms with Gasteiger partial charge in [-0.2, -0.15) is 0 Å². The first-order valence-electron chi connectivity index (χ1n) is 8.89. The van der Waals surface area contributed by atoms with Crippen molar-refractivity contribution in [1.82, 2.24) is 9.97 Å². The molecule has 31 heavy (non-hydrogen) atoms. The van der Waals surface area contributed by atoms with Crippen LogP contribution in [0, 0.1) is 17.0 Å². The molecule has 0 aliphatic carbocycles. The number of rotatable bonds is 7. The zero-order chi connectivity index (χ0) is 22.4. The van der Waals surface area contributed by atoms with E-state index in [2.05, 4.69) is 20.0 Å². The average molecular weight is 439 g/mol. The number of nitrogens with one attached hydrogen (secondary N) is 2. The summed E-state index contributed by atoms with van der Waals surface area (Å²) < 4.78 is 27.2. The lowest BCUT2D eigenvalue weighted by Gasteiger charge is -2.08. The molecule has 0 atom stereocenters. The summed E-state index contributed by atoms with van der Waals surface area (Å²) in [6.07, 6.45) is 4.22. The number of non-ortho nitro benzene ring substituents is 1. The molecular formula is C20H17N5O5S. The number of sulfonamides is 1. The Balaban J connectivity index is 1.63. The maximum atomic E-state index is 12.4. The second kappa shape index (κ2) is 9.13. The van der Waals surface area contributed by atoms with Crippen molar-refractivity contribution in [2.75, 3.05) is 10.0 Å². The maximum Gasteiger partial charge on any atom is 0.269 e. The highest BCUT2D eigenvalue weighted by Gasteiger charge is 2.15. The molecule has 0 fully saturated rings. The van der Waals surface area contributed by atoms with E-state index in [1.807, 2.05) is 0 Å². The van der Waals surface area contributed by atoms with Crippen LogP contribution in [0.2, 0.25) is 0 Å². The van der Waals surface area contributed by atoms with E-state index in [1.54, 1.807) is 13.0 Å². The molecule has 10 nitrogen and oxygen atoms in total. The fraction of sp³-hybridized carbons (Fsp3) is 0.0500. The average Bonchev–Trinajstić information content (AvgIpc) is 2.72. The highest BCUT2D eigenvalue weighted by atomic mass is 32.2. The maximum absolute atomic E-state index is 12.4. The van der Waals surface area contributed by atoms with Crippen LogP contribution in [-0.2, 0) is 14.8 Å². The molecular weight excluding hydrogens is 422 g/mol. The Labute approximate surface area is 177 Å². The van der Waals surface area contributed by atoms with Gasteiger partial charge in [-0.3, -0.25) is 14.9 Å². The molecule has 3 rings (SSSR count). The quantitative estimate of drug-likeness (QED) is 0.327. The third-order valence-corrected chi connectivity index (χ3v) is 5.33. The smallest absolute Gasteiger partial charge is 0.269 e. The summed E-state index contributed by atoms with van der Waals surface area (Å²) >= 11 is 0. The van der Waals surface area contributed by atoms with Gasteiger partial charge in [0, 0.05) is 35.8 Å². The second-order valence-electron chi connectivity index (χ2n) is 6.32. The van der Waals surface area contributed by atoms with Crippen molar-refractivity contribution in [3.05, 3.63) is 88.2 Å². The third kappa shape index (κ3) is 5.93. The minimum absolute atomic E-state index is 0.0166. The van der Waals surface area contributed by atoms with Gasteiger partial charge in [0.25, 0.3) is 15.7 Å². The number of hydrogen-bond donors (Lipinski definition) is 2. The molecule has 0 unspecified atom stereocenters. The second-order valence-corrected chi connectivity index (χ2v) is 8.01. The van der Waals surface area contributed by atoms with Gasteiger partial charge in [0.05, 0.1) is 9.82 Å². The molecule has 2 N–H and O–H groups in total. The molecule has 0 saturated heterocycles. The van der Waals surface area contributed by atoms with Crippen LogP contribution >= 0.6 is 0 Å². The first-order valence-corrected chi connectivity index (χ1v) is 10.4. The van der Waals surface area contributed by atoms with E-state index in [0.29, 0.717) is 16.9 Å². The van der Waals surface area contributed by atoms with Crippen LogP contribution in [0.3, 0.4) is 0 Å². The summed E-state index contributed by atoms with van der Waals surface area (Å²) in [7, 11) is -3.88. The van der Waals surface area contributed by atoms with E-state index in [1.165, 1.54) is 66.9 Å². The summed E-state index contributed by atoms with van der Waals surface area (Å²) in [5, 5.41) is 13.3. The number of aromatic nitrogens is 2. The van der Waals surface area contributed by atoms with Gasteiger partial charge in [-0.25, -0.2) is 23.1 Å². The molecule has 0 aliphatic heterocycles. The van der Waals surface area contributed by atoms with Gasteiger partial charge in [0.1, 0.15) is 0 Å². The Morgan fingerprint density at radius 3 is 2.35 bits per heavy atom. The van der Waals surface area contributed by atoms with Gasteiger partial charge in [-0.15, -0.1) is 0 Å². The lowest BCUT2D eigenvalue weighted by Crippen LogP contribution is -2.15. The highest BCUT2D eigenvalue weighted by Crippen LogP contribution is 2.17. The minimum Gasteiger partial charge on any atom is -0.323 e. The zero-order valence-electron chi connectivity index (χ0n) is 16.2. The molecule has 11 heteroatoms. The number of benzene rings is 2. The summed E-state index contributed by atoms with van der Waals surface area (Å²) in [4.78, 5) is 30.1. The zero-order valence-corrected chi connectivity index (χ0v) is 17.0. The minimum atomic E-state index is -3.88. The lowest BCUT2D eigenvalue weighted by molar-refractivity contribution is -0.384. The van der Waals surface area contributed by atoms with Crippen molar-refractivity contribution in [2.24, 2.45) is 0 Å². The Bertz CT molecular complexity index is 1240. The number of amides is 1. The third-order valence-electron chi connectivity index (χ3n) is 3.98. The number of aryl methyl sites for hydroxylation is 1. The van der Waals surface area contributed by atoms with Gasteiger partial charge in [-0.05, 0) is 61.0 Å².